The van der Waals surface area contributed by atoms with Crippen LogP contribution in [-0.4, -0.2) is 16.4 Å². The third kappa shape index (κ3) is 2.51. The van der Waals surface area contributed by atoms with E-state index in [1.54, 1.807) is 20.8 Å². The Morgan fingerprint density at radius 3 is 2.00 bits per heavy atom. The number of hydrogen-bond donors (Lipinski definition) is 2. The highest BCUT2D eigenvalue weighted by molar-refractivity contribution is 5.36. The molecule has 0 amide bonds. The summed E-state index contributed by atoms with van der Waals surface area (Å²) in [4.78, 5) is 0. The Morgan fingerprint density at radius 1 is 1.19 bits per heavy atom. The molecule has 0 fully saturated rings. The van der Waals surface area contributed by atoms with Gasteiger partial charge in [0.2, 0.25) is 0 Å². The maximum absolute atomic E-state index is 12.4. The highest BCUT2D eigenvalue weighted by atomic mass is 19.4. The Labute approximate surface area is 92.1 Å². The van der Waals surface area contributed by atoms with Crippen molar-refractivity contribution in [3.63, 3.8) is 0 Å². The van der Waals surface area contributed by atoms with Crippen molar-refractivity contribution in [2.75, 3.05) is 0 Å². The number of rotatable bonds is 0. The van der Waals surface area contributed by atoms with Crippen molar-refractivity contribution in [2.24, 2.45) is 11.3 Å². The fraction of sp³-hybridized carbons (Fsp3) is 0.636. The van der Waals surface area contributed by atoms with Gasteiger partial charge in [0.25, 0.3) is 0 Å². The first-order valence-corrected chi connectivity index (χ1v) is 4.94. The zero-order valence-corrected chi connectivity index (χ0v) is 9.39. The van der Waals surface area contributed by atoms with Crippen molar-refractivity contribution in [1.82, 2.24) is 0 Å². The Balaban J connectivity index is 3.09. The van der Waals surface area contributed by atoms with Gasteiger partial charge in [0, 0.05) is 12.0 Å². The molecule has 0 spiro atoms. The number of alkyl halides is 3. The first kappa shape index (κ1) is 12.9. The van der Waals surface area contributed by atoms with Crippen LogP contribution in [0.5, 0.6) is 0 Å². The van der Waals surface area contributed by atoms with E-state index in [4.69, 9.17) is 0 Å². The lowest BCUT2D eigenvalue weighted by atomic mass is 9.79. The van der Waals surface area contributed by atoms with Crippen LogP contribution in [0.2, 0.25) is 0 Å². The highest BCUT2D eigenvalue weighted by Crippen LogP contribution is 2.42. The molecule has 0 bridgehead atoms. The first-order valence-electron chi connectivity index (χ1n) is 4.94. The summed E-state index contributed by atoms with van der Waals surface area (Å²) in [5, 5.41) is 19.1. The van der Waals surface area contributed by atoms with E-state index in [9.17, 15) is 23.4 Å². The minimum absolute atomic E-state index is 0.188. The SMILES string of the molecule is CC(C)(C)C1=C(O)CC(C(F)(F)F)C=C1O. The number of halogens is 3. The molecule has 0 aromatic heterocycles. The van der Waals surface area contributed by atoms with E-state index in [0.29, 0.717) is 0 Å². The molecule has 5 heteroatoms. The average molecular weight is 236 g/mol. The average Bonchev–Trinajstić information content (AvgIpc) is 1.97. The number of hydrogen-bond acceptors (Lipinski definition) is 2. The summed E-state index contributed by atoms with van der Waals surface area (Å²) >= 11 is 0. The summed E-state index contributed by atoms with van der Waals surface area (Å²) < 4.78 is 37.3. The van der Waals surface area contributed by atoms with Crippen LogP contribution < -0.4 is 0 Å². The van der Waals surface area contributed by atoms with Gasteiger partial charge in [-0.05, 0) is 11.5 Å². The van der Waals surface area contributed by atoms with Gasteiger partial charge in [0.05, 0.1) is 5.92 Å². The normalized spacial score (nSPS) is 23.4. The van der Waals surface area contributed by atoms with Crippen molar-refractivity contribution >= 4 is 0 Å². The predicted molar refractivity (Wildman–Crippen MR) is 54.0 cm³/mol. The summed E-state index contributed by atoms with van der Waals surface area (Å²) in [7, 11) is 0. The van der Waals surface area contributed by atoms with E-state index in [-0.39, 0.29) is 11.3 Å². The van der Waals surface area contributed by atoms with E-state index in [0.717, 1.165) is 6.08 Å². The van der Waals surface area contributed by atoms with Gasteiger partial charge in [0.15, 0.2) is 0 Å². The van der Waals surface area contributed by atoms with Crippen molar-refractivity contribution in [3.05, 3.63) is 23.2 Å². The van der Waals surface area contributed by atoms with Crippen molar-refractivity contribution in [2.45, 2.75) is 33.4 Å². The minimum Gasteiger partial charge on any atom is -0.512 e. The zero-order valence-electron chi connectivity index (χ0n) is 9.39. The summed E-state index contributed by atoms with van der Waals surface area (Å²) in [6.07, 6.45) is -4.17. The highest BCUT2D eigenvalue weighted by Gasteiger charge is 2.43. The summed E-state index contributed by atoms with van der Waals surface area (Å²) in [5.74, 6) is -2.66. The van der Waals surface area contributed by atoms with Crippen LogP contribution in [0.4, 0.5) is 13.2 Å². The Hall–Kier alpha value is -1.13. The molecule has 0 saturated carbocycles. The van der Waals surface area contributed by atoms with Crippen LogP contribution in [0, 0.1) is 11.3 Å². The molecule has 1 rings (SSSR count). The number of allylic oxidation sites excluding steroid dienone is 3. The number of aliphatic hydroxyl groups excluding tert-OH is 2. The molecule has 0 saturated heterocycles. The molecule has 2 N–H and O–H groups in total. The third-order valence-electron chi connectivity index (χ3n) is 2.49. The molecule has 0 aromatic carbocycles. The molecule has 1 atom stereocenters. The molecule has 0 heterocycles. The van der Waals surface area contributed by atoms with Crippen molar-refractivity contribution in [1.29, 1.82) is 0 Å². The molecule has 16 heavy (non-hydrogen) atoms. The van der Waals surface area contributed by atoms with Crippen molar-refractivity contribution < 1.29 is 23.4 Å². The Bertz CT molecular complexity index is 345. The Morgan fingerprint density at radius 2 is 1.69 bits per heavy atom. The van der Waals surface area contributed by atoms with Gasteiger partial charge >= 0.3 is 6.18 Å². The van der Waals surface area contributed by atoms with Gasteiger partial charge in [-0.1, -0.05) is 20.8 Å². The maximum atomic E-state index is 12.4. The quantitative estimate of drug-likeness (QED) is 0.670. The lowest BCUT2D eigenvalue weighted by Crippen LogP contribution is -2.27. The largest absolute Gasteiger partial charge is 0.512 e. The van der Waals surface area contributed by atoms with Gasteiger partial charge in [-0.15, -0.1) is 0 Å². The van der Waals surface area contributed by atoms with E-state index in [2.05, 4.69) is 0 Å². The second-order valence-electron chi connectivity index (χ2n) is 4.98. The minimum atomic E-state index is -4.44. The smallest absolute Gasteiger partial charge is 0.395 e. The standard InChI is InChI=1S/C11H15F3O2/c1-10(2,3)9-7(15)4-6(5-8(9)16)11(12,13)14/h4,6,15-16H,5H2,1-3H3. The van der Waals surface area contributed by atoms with Gasteiger partial charge in [-0.2, -0.15) is 13.2 Å². The van der Waals surface area contributed by atoms with Gasteiger partial charge in [-0.3, -0.25) is 0 Å². The summed E-state index contributed by atoms with van der Waals surface area (Å²) in [6, 6.07) is 0. The molecule has 2 nitrogen and oxygen atoms in total. The molecule has 0 aromatic rings. The van der Waals surface area contributed by atoms with Crippen LogP contribution in [0.15, 0.2) is 23.2 Å². The second-order valence-corrected chi connectivity index (χ2v) is 4.98. The van der Waals surface area contributed by atoms with E-state index in [1.807, 2.05) is 0 Å². The van der Waals surface area contributed by atoms with Crippen LogP contribution in [-0.2, 0) is 0 Å². The third-order valence-corrected chi connectivity index (χ3v) is 2.49. The summed E-state index contributed by atoms with van der Waals surface area (Å²) in [5.41, 5.74) is -0.394. The van der Waals surface area contributed by atoms with Crippen LogP contribution >= 0.6 is 0 Å². The molecular weight excluding hydrogens is 221 g/mol. The molecule has 0 aliphatic heterocycles. The lowest BCUT2D eigenvalue weighted by Gasteiger charge is -2.29. The van der Waals surface area contributed by atoms with Gasteiger partial charge in [0.1, 0.15) is 11.5 Å². The van der Waals surface area contributed by atoms with Crippen molar-refractivity contribution in [3.8, 4) is 0 Å². The fourth-order valence-electron chi connectivity index (χ4n) is 1.82. The number of aliphatic hydroxyl groups is 2. The van der Waals surface area contributed by atoms with E-state index >= 15 is 0 Å². The molecular formula is C11H15F3O2. The lowest BCUT2D eigenvalue weighted by molar-refractivity contribution is -0.163. The molecule has 92 valence electrons. The Kier molecular flexibility index (Phi) is 3.00. The molecule has 1 unspecified atom stereocenters. The maximum Gasteiger partial charge on any atom is 0.395 e. The van der Waals surface area contributed by atoms with Crippen LogP contribution in [0.1, 0.15) is 27.2 Å². The van der Waals surface area contributed by atoms with Gasteiger partial charge < -0.3 is 10.2 Å². The topological polar surface area (TPSA) is 40.5 Å². The van der Waals surface area contributed by atoms with E-state index in [1.165, 1.54) is 0 Å². The monoisotopic (exact) mass is 236 g/mol. The second kappa shape index (κ2) is 3.71. The molecule has 1 aliphatic carbocycles. The van der Waals surface area contributed by atoms with Gasteiger partial charge in [-0.25, -0.2) is 0 Å². The van der Waals surface area contributed by atoms with Crippen LogP contribution in [0.3, 0.4) is 0 Å². The van der Waals surface area contributed by atoms with Crippen LogP contribution in [0.25, 0.3) is 0 Å². The summed E-state index contributed by atoms with van der Waals surface area (Å²) in [6.45, 7) is 5.16. The predicted octanol–water partition coefficient (Wildman–Crippen LogP) is 3.87. The first-order chi connectivity index (χ1) is 7.03. The fourth-order valence-corrected chi connectivity index (χ4v) is 1.82. The zero-order chi connectivity index (χ0) is 12.7. The van der Waals surface area contributed by atoms with E-state index < -0.39 is 29.7 Å². The molecule has 0 radical (unpaired) electrons. The molecule has 1 aliphatic rings.